The second-order valence-electron chi connectivity index (χ2n) is 4.98. The maximum atomic E-state index is 12.3. The summed E-state index contributed by atoms with van der Waals surface area (Å²) in [5, 5.41) is 3.23. The molecule has 122 valence electrons. The Morgan fingerprint density at radius 2 is 1.83 bits per heavy atom. The number of hydrogen-bond acceptors (Lipinski definition) is 4. The number of benzene rings is 1. The van der Waals surface area contributed by atoms with Crippen LogP contribution in [0.4, 0.5) is 0 Å². The van der Waals surface area contributed by atoms with Crippen LogP contribution in [0.3, 0.4) is 0 Å². The van der Waals surface area contributed by atoms with Gasteiger partial charge in [-0.25, -0.2) is 4.98 Å². The topological polar surface area (TPSA) is 54.5 Å². The molecule has 1 aliphatic heterocycles. The summed E-state index contributed by atoms with van der Waals surface area (Å²) in [7, 11) is 0. The van der Waals surface area contributed by atoms with E-state index in [4.69, 9.17) is 4.74 Å². The number of amides is 1. The minimum Gasteiger partial charge on any atom is -0.439 e. The zero-order chi connectivity index (χ0) is 15.4. The number of halogens is 2. The van der Waals surface area contributed by atoms with Crippen LogP contribution in [0.5, 0.6) is 11.6 Å². The lowest BCUT2D eigenvalue weighted by atomic mass is 10.2. The average molecular weight is 399 g/mol. The van der Waals surface area contributed by atoms with Crippen LogP contribution in [-0.2, 0) is 0 Å². The van der Waals surface area contributed by atoms with Gasteiger partial charge in [-0.05, 0) is 30.3 Å². The molecule has 7 heteroatoms. The summed E-state index contributed by atoms with van der Waals surface area (Å²) < 4.78 is 6.64. The van der Waals surface area contributed by atoms with Crippen molar-refractivity contribution in [3.05, 3.63) is 52.6 Å². The smallest absolute Gasteiger partial charge is 0.255 e. The maximum absolute atomic E-state index is 12.3. The van der Waals surface area contributed by atoms with Gasteiger partial charge in [0.2, 0.25) is 5.88 Å². The van der Waals surface area contributed by atoms with E-state index in [0.717, 1.165) is 30.7 Å². The number of aromatic nitrogens is 1. The molecule has 1 saturated heterocycles. The molecule has 0 atom stereocenters. The molecule has 1 aromatic carbocycles. The van der Waals surface area contributed by atoms with Crippen molar-refractivity contribution in [1.29, 1.82) is 0 Å². The molecule has 0 unspecified atom stereocenters. The highest BCUT2D eigenvalue weighted by Gasteiger charge is 2.18. The number of pyridine rings is 1. The predicted octanol–water partition coefficient (Wildman–Crippen LogP) is 3.10. The van der Waals surface area contributed by atoms with Crippen LogP contribution in [0, 0.1) is 0 Å². The van der Waals surface area contributed by atoms with Gasteiger partial charge in [0.05, 0.1) is 5.56 Å². The highest BCUT2D eigenvalue weighted by atomic mass is 79.9. The summed E-state index contributed by atoms with van der Waals surface area (Å²) in [5.74, 6) is 1.19. The van der Waals surface area contributed by atoms with Crippen LogP contribution < -0.4 is 10.1 Å². The zero-order valence-corrected chi connectivity index (χ0v) is 14.8. The molecule has 0 saturated carbocycles. The first-order chi connectivity index (χ1) is 10.7. The van der Waals surface area contributed by atoms with Crippen LogP contribution in [0.15, 0.2) is 47.1 Å². The maximum Gasteiger partial charge on any atom is 0.255 e. The Kier molecular flexibility index (Phi) is 6.38. The summed E-state index contributed by atoms with van der Waals surface area (Å²) >= 11 is 3.38. The van der Waals surface area contributed by atoms with Crippen LogP contribution in [0.25, 0.3) is 0 Å². The number of carbonyl (C=O) groups excluding carboxylic acids is 1. The SMILES string of the molecule is Cl.O=C(c1ccc(Oc2ccc(Br)cc2)nc1)N1CCNCC1. The van der Waals surface area contributed by atoms with Crippen LogP contribution in [0.1, 0.15) is 10.4 Å². The van der Waals surface area contributed by atoms with Gasteiger partial charge in [-0.3, -0.25) is 4.79 Å². The number of nitrogens with zero attached hydrogens (tertiary/aromatic N) is 2. The minimum atomic E-state index is 0. The fourth-order valence-electron chi connectivity index (χ4n) is 2.24. The molecule has 1 aromatic heterocycles. The van der Waals surface area contributed by atoms with E-state index in [-0.39, 0.29) is 18.3 Å². The first kappa shape index (κ1) is 17.7. The van der Waals surface area contributed by atoms with Crippen molar-refractivity contribution in [3.63, 3.8) is 0 Å². The Bertz CT molecular complexity index is 643. The Morgan fingerprint density at radius 1 is 1.13 bits per heavy atom. The molecule has 0 bridgehead atoms. The number of nitrogens with one attached hydrogen (secondary N) is 1. The van der Waals surface area contributed by atoms with Crippen LogP contribution in [0.2, 0.25) is 0 Å². The van der Waals surface area contributed by atoms with E-state index in [1.807, 2.05) is 29.2 Å². The number of hydrogen-bond donors (Lipinski definition) is 1. The molecule has 1 aliphatic rings. The summed E-state index contributed by atoms with van der Waals surface area (Å²) in [5.41, 5.74) is 0.588. The summed E-state index contributed by atoms with van der Waals surface area (Å²) in [6.45, 7) is 3.14. The van der Waals surface area contributed by atoms with Gasteiger partial charge in [0.1, 0.15) is 5.75 Å². The number of carbonyl (C=O) groups is 1. The van der Waals surface area contributed by atoms with Gasteiger partial charge in [-0.1, -0.05) is 15.9 Å². The fourth-order valence-corrected chi connectivity index (χ4v) is 2.51. The van der Waals surface area contributed by atoms with Crippen molar-refractivity contribution >= 4 is 34.2 Å². The molecular formula is C16H17BrClN3O2. The van der Waals surface area contributed by atoms with Crippen LogP contribution >= 0.6 is 28.3 Å². The molecule has 3 rings (SSSR count). The number of piperazine rings is 1. The Morgan fingerprint density at radius 3 is 2.43 bits per heavy atom. The van der Waals surface area contributed by atoms with Crippen molar-refractivity contribution < 1.29 is 9.53 Å². The molecular weight excluding hydrogens is 382 g/mol. The van der Waals surface area contributed by atoms with Gasteiger partial charge in [0.15, 0.2) is 0 Å². The lowest BCUT2D eigenvalue weighted by molar-refractivity contribution is 0.0735. The highest BCUT2D eigenvalue weighted by molar-refractivity contribution is 9.10. The van der Waals surface area contributed by atoms with Crippen molar-refractivity contribution in [2.75, 3.05) is 26.2 Å². The quantitative estimate of drug-likeness (QED) is 0.863. The van der Waals surface area contributed by atoms with E-state index in [0.29, 0.717) is 17.2 Å². The third kappa shape index (κ3) is 4.67. The van der Waals surface area contributed by atoms with E-state index in [2.05, 4.69) is 26.2 Å². The van der Waals surface area contributed by atoms with Gasteiger partial charge >= 0.3 is 0 Å². The van der Waals surface area contributed by atoms with Gasteiger partial charge in [0.25, 0.3) is 5.91 Å². The van der Waals surface area contributed by atoms with E-state index in [1.54, 1.807) is 18.3 Å². The Balaban J connectivity index is 0.00000192. The summed E-state index contributed by atoms with van der Waals surface area (Å²) in [6.07, 6.45) is 1.57. The fraction of sp³-hybridized carbons (Fsp3) is 0.250. The molecule has 0 spiro atoms. The Labute approximate surface area is 149 Å². The average Bonchev–Trinajstić information content (AvgIpc) is 2.58. The largest absolute Gasteiger partial charge is 0.439 e. The molecule has 0 aliphatic carbocycles. The minimum absolute atomic E-state index is 0. The van der Waals surface area contributed by atoms with Gasteiger partial charge in [-0.2, -0.15) is 0 Å². The normalized spacial score (nSPS) is 14.0. The summed E-state index contributed by atoms with van der Waals surface area (Å²) in [4.78, 5) is 18.4. The number of rotatable bonds is 3. The van der Waals surface area contributed by atoms with Crippen molar-refractivity contribution in [2.24, 2.45) is 0 Å². The molecule has 2 aromatic rings. The molecule has 1 N–H and O–H groups in total. The molecule has 1 amide bonds. The molecule has 23 heavy (non-hydrogen) atoms. The lowest BCUT2D eigenvalue weighted by Gasteiger charge is -2.27. The predicted molar refractivity (Wildman–Crippen MR) is 94.5 cm³/mol. The third-order valence-electron chi connectivity index (χ3n) is 3.42. The monoisotopic (exact) mass is 397 g/mol. The standard InChI is InChI=1S/C16H16BrN3O2.ClH/c17-13-2-4-14(5-3-13)22-15-6-1-12(11-19-15)16(21)20-9-7-18-8-10-20;/h1-6,11,18H,7-10H2;1H. The first-order valence-electron chi connectivity index (χ1n) is 7.12. The third-order valence-corrected chi connectivity index (χ3v) is 3.95. The molecule has 2 heterocycles. The molecule has 1 fully saturated rings. The van der Waals surface area contributed by atoms with E-state index >= 15 is 0 Å². The van der Waals surface area contributed by atoms with Crippen molar-refractivity contribution in [1.82, 2.24) is 15.2 Å². The van der Waals surface area contributed by atoms with Crippen molar-refractivity contribution in [2.45, 2.75) is 0 Å². The summed E-state index contributed by atoms with van der Waals surface area (Å²) in [6, 6.07) is 11.0. The van der Waals surface area contributed by atoms with Gasteiger partial charge in [0, 0.05) is 42.9 Å². The number of ether oxygens (including phenoxy) is 1. The van der Waals surface area contributed by atoms with Crippen molar-refractivity contribution in [3.8, 4) is 11.6 Å². The first-order valence-corrected chi connectivity index (χ1v) is 7.91. The van der Waals surface area contributed by atoms with Gasteiger partial charge in [-0.15, -0.1) is 12.4 Å². The second kappa shape index (κ2) is 8.29. The highest BCUT2D eigenvalue weighted by Crippen LogP contribution is 2.21. The zero-order valence-electron chi connectivity index (χ0n) is 12.4. The lowest BCUT2D eigenvalue weighted by Crippen LogP contribution is -2.46. The second-order valence-corrected chi connectivity index (χ2v) is 5.90. The molecule has 0 radical (unpaired) electrons. The Hall–Kier alpha value is -1.63. The van der Waals surface area contributed by atoms with E-state index in [1.165, 1.54) is 0 Å². The molecule has 5 nitrogen and oxygen atoms in total. The van der Waals surface area contributed by atoms with E-state index < -0.39 is 0 Å². The van der Waals surface area contributed by atoms with Crippen LogP contribution in [-0.4, -0.2) is 42.0 Å². The van der Waals surface area contributed by atoms with E-state index in [9.17, 15) is 4.79 Å². The van der Waals surface area contributed by atoms with Gasteiger partial charge < -0.3 is 15.0 Å².